The summed E-state index contributed by atoms with van der Waals surface area (Å²) in [6.07, 6.45) is 1.01. The molecular formula is C12H23N3. The van der Waals surface area contributed by atoms with E-state index in [4.69, 9.17) is 0 Å². The number of hydrogen-bond acceptors (Lipinski definition) is 2. The van der Waals surface area contributed by atoms with Gasteiger partial charge in [0.15, 0.2) is 0 Å². The van der Waals surface area contributed by atoms with Gasteiger partial charge in [-0.2, -0.15) is 5.10 Å². The first-order valence-corrected chi connectivity index (χ1v) is 5.55. The van der Waals surface area contributed by atoms with E-state index in [9.17, 15) is 0 Å². The lowest BCUT2D eigenvalue weighted by Gasteiger charge is -2.20. The van der Waals surface area contributed by atoms with Crippen molar-refractivity contribution in [2.24, 2.45) is 7.05 Å². The molecule has 0 aromatic carbocycles. The van der Waals surface area contributed by atoms with Crippen molar-refractivity contribution in [3.63, 3.8) is 0 Å². The Hall–Kier alpha value is -0.830. The molecule has 0 radical (unpaired) electrons. The van der Waals surface area contributed by atoms with E-state index in [1.54, 1.807) is 0 Å². The smallest absolute Gasteiger partial charge is 0.0669 e. The maximum Gasteiger partial charge on any atom is 0.0669 e. The van der Waals surface area contributed by atoms with Crippen LogP contribution in [0.1, 0.15) is 37.7 Å². The molecule has 0 atom stereocenters. The largest absolute Gasteiger partial charge is 0.319 e. The molecule has 15 heavy (non-hydrogen) atoms. The molecule has 1 N–H and O–H groups in total. The first kappa shape index (κ1) is 12.2. The van der Waals surface area contributed by atoms with Crippen molar-refractivity contribution >= 4 is 0 Å². The summed E-state index contributed by atoms with van der Waals surface area (Å²) in [5.41, 5.74) is 4.08. The highest BCUT2D eigenvalue weighted by molar-refractivity contribution is 5.30. The Labute approximate surface area is 92.9 Å². The summed E-state index contributed by atoms with van der Waals surface area (Å²) in [5.74, 6) is 0. The second-order valence-corrected chi connectivity index (χ2v) is 5.15. The van der Waals surface area contributed by atoms with Crippen LogP contribution in [-0.2, 0) is 18.9 Å². The molecule has 0 bridgehead atoms. The van der Waals surface area contributed by atoms with Crippen molar-refractivity contribution in [2.45, 2.75) is 39.5 Å². The Balaban J connectivity index is 3.04. The highest BCUT2D eigenvalue weighted by Crippen LogP contribution is 2.26. The fraction of sp³-hybridized carbons (Fsp3) is 0.750. The lowest BCUT2D eigenvalue weighted by Crippen LogP contribution is -2.17. The lowest BCUT2D eigenvalue weighted by molar-refractivity contribution is 0.519. The second-order valence-electron chi connectivity index (χ2n) is 5.15. The van der Waals surface area contributed by atoms with Crippen LogP contribution in [0.2, 0.25) is 0 Å². The predicted octanol–water partition coefficient (Wildman–Crippen LogP) is 1.79. The summed E-state index contributed by atoms with van der Waals surface area (Å²) in [7, 11) is 4.01. The molecule has 0 aliphatic carbocycles. The normalized spacial score (nSPS) is 12.1. The second kappa shape index (κ2) is 4.35. The molecule has 0 aliphatic rings. The summed E-state index contributed by atoms with van der Waals surface area (Å²) in [6, 6.07) is 0. The van der Waals surface area contributed by atoms with Gasteiger partial charge in [-0.3, -0.25) is 4.68 Å². The van der Waals surface area contributed by atoms with Crippen LogP contribution in [0.5, 0.6) is 0 Å². The Morgan fingerprint density at radius 2 is 1.93 bits per heavy atom. The highest BCUT2D eigenvalue weighted by Gasteiger charge is 2.23. The Bertz CT molecular complexity index is 331. The van der Waals surface area contributed by atoms with Gasteiger partial charge in [-0.1, -0.05) is 20.8 Å². The predicted molar refractivity (Wildman–Crippen MR) is 64.3 cm³/mol. The van der Waals surface area contributed by atoms with E-state index in [1.165, 1.54) is 17.0 Å². The Kier molecular flexibility index (Phi) is 3.55. The molecule has 3 heteroatoms. The number of aryl methyl sites for hydroxylation is 1. The van der Waals surface area contributed by atoms with Crippen molar-refractivity contribution in [3.05, 3.63) is 17.0 Å². The average Bonchev–Trinajstić information content (AvgIpc) is 2.36. The highest BCUT2D eigenvalue weighted by atomic mass is 15.3. The molecule has 3 nitrogen and oxygen atoms in total. The monoisotopic (exact) mass is 209 g/mol. The van der Waals surface area contributed by atoms with Crippen LogP contribution in [0.25, 0.3) is 0 Å². The minimum atomic E-state index is 0.170. The van der Waals surface area contributed by atoms with Crippen molar-refractivity contribution in [3.8, 4) is 0 Å². The van der Waals surface area contributed by atoms with Gasteiger partial charge >= 0.3 is 0 Å². The van der Waals surface area contributed by atoms with Crippen molar-refractivity contribution in [2.75, 3.05) is 13.6 Å². The van der Waals surface area contributed by atoms with Crippen LogP contribution in [0.3, 0.4) is 0 Å². The molecular weight excluding hydrogens is 186 g/mol. The summed E-state index contributed by atoms with van der Waals surface area (Å²) >= 11 is 0. The van der Waals surface area contributed by atoms with Crippen molar-refractivity contribution < 1.29 is 0 Å². The van der Waals surface area contributed by atoms with E-state index >= 15 is 0 Å². The van der Waals surface area contributed by atoms with E-state index in [-0.39, 0.29) is 5.41 Å². The van der Waals surface area contributed by atoms with Gasteiger partial charge in [0, 0.05) is 31.1 Å². The van der Waals surface area contributed by atoms with E-state index in [2.05, 4.69) is 38.1 Å². The zero-order chi connectivity index (χ0) is 11.6. The molecule has 0 aliphatic heterocycles. The number of likely N-dealkylation sites (N-methyl/N-ethyl adjacent to an activating group) is 1. The molecule has 86 valence electrons. The summed E-state index contributed by atoms with van der Waals surface area (Å²) in [4.78, 5) is 0. The van der Waals surface area contributed by atoms with E-state index in [0.717, 1.165) is 13.0 Å². The number of nitrogens with zero attached hydrogens (tertiary/aromatic N) is 2. The van der Waals surface area contributed by atoms with E-state index < -0.39 is 0 Å². The molecule has 1 aromatic rings. The van der Waals surface area contributed by atoms with Crippen molar-refractivity contribution in [1.29, 1.82) is 0 Å². The molecule has 0 amide bonds. The van der Waals surface area contributed by atoms with Gasteiger partial charge < -0.3 is 5.32 Å². The Morgan fingerprint density at radius 3 is 2.33 bits per heavy atom. The first-order chi connectivity index (χ1) is 6.88. The number of aromatic nitrogens is 2. The third kappa shape index (κ3) is 2.59. The summed E-state index contributed by atoms with van der Waals surface area (Å²) in [5, 5.41) is 7.75. The zero-order valence-electron chi connectivity index (χ0n) is 10.8. The van der Waals surface area contributed by atoms with Crippen LogP contribution in [0.15, 0.2) is 0 Å². The fourth-order valence-electron chi connectivity index (χ4n) is 2.21. The number of hydrogen-bond donors (Lipinski definition) is 1. The van der Waals surface area contributed by atoms with Gasteiger partial charge in [-0.25, -0.2) is 0 Å². The number of rotatable bonds is 3. The summed E-state index contributed by atoms with van der Waals surface area (Å²) in [6.45, 7) is 9.87. The maximum atomic E-state index is 4.59. The lowest BCUT2D eigenvalue weighted by atomic mass is 9.88. The molecule has 1 heterocycles. The first-order valence-electron chi connectivity index (χ1n) is 5.55. The molecule has 1 aromatic heterocycles. The SMILES string of the molecule is CNCCc1nn(C)c(C(C)(C)C)c1C. The van der Waals surface area contributed by atoms with Crippen LogP contribution >= 0.6 is 0 Å². The van der Waals surface area contributed by atoms with Gasteiger partial charge in [-0.15, -0.1) is 0 Å². The third-order valence-corrected chi connectivity index (χ3v) is 2.70. The third-order valence-electron chi connectivity index (χ3n) is 2.70. The topological polar surface area (TPSA) is 29.9 Å². The fourth-order valence-corrected chi connectivity index (χ4v) is 2.21. The molecule has 0 saturated carbocycles. The number of nitrogens with one attached hydrogen (secondary N) is 1. The van der Waals surface area contributed by atoms with E-state index in [1.807, 2.05) is 18.8 Å². The van der Waals surface area contributed by atoms with Crippen LogP contribution in [0.4, 0.5) is 0 Å². The molecule has 0 fully saturated rings. The van der Waals surface area contributed by atoms with Gasteiger partial charge in [-0.05, 0) is 19.5 Å². The van der Waals surface area contributed by atoms with Crippen molar-refractivity contribution in [1.82, 2.24) is 15.1 Å². The molecule has 1 rings (SSSR count). The minimum absolute atomic E-state index is 0.170. The van der Waals surface area contributed by atoms with Crippen LogP contribution in [0, 0.1) is 6.92 Å². The Morgan fingerprint density at radius 1 is 1.33 bits per heavy atom. The zero-order valence-corrected chi connectivity index (χ0v) is 10.8. The standard InChI is InChI=1S/C12H23N3/c1-9-10(7-8-13-5)14-15(6)11(9)12(2,3)4/h13H,7-8H2,1-6H3. The quantitative estimate of drug-likeness (QED) is 0.822. The molecule has 0 unspecified atom stereocenters. The maximum absolute atomic E-state index is 4.59. The van der Waals surface area contributed by atoms with Crippen LogP contribution < -0.4 is 5.32 Å². The van der Waals surface area contributed by atoms with Crippen LogP contribution in [-0.4, -0.2) is 23.4 Å². The average molecular weight is 209 g/mol. The van der Waals surface area contributed by atoms with Gasteiger partial charge in [0.2, 0.25) is 0 Å². The molecule has 0 spiro atoms. The summed E-state index contributed by atoms with van der Waals surface area (Å²) < 4.78 is 2.03. The minimum Gasteiger partial charge on any atom is -0.319 e. The van der Waals surface area contributed by atoms with E-state index in [0.29, 0.717) is 0 Å². The van der Waals surface area contributed by atoms with Gasteiger partial charge in [0.25, 0.3) is 0 Å². The van der Waals surface area contributed by atoms with Gasteiger partial charge in [0.1, 0.15) is 0 Å². The van der Waals surface area contributed by atoms with Gasteiger partial charge in [0.05, 0.1) is 5.69 Å². The molecule has 0 saturated heterocycles.